The van der Waals surface area contributed by atoms with Crippen LogP contribution in [0.1, 0.15) is 12.0 Å². The smallest absolute Gasteiger partial charge is 0.282 e. The van der Waals surface area contributed by atoms with Crippen LogP contribution in [-0.2, 0) is 16.8 Å². The number of β-amino-alcohol motifs (C(OH)–C–C–N with tert-alkyl or cyclic N) is 1. The minimum atomic E-state index is -3.52. The molecule has 20 heavy (non-hydrogen) atoms. The highest BCUT2D eigenvalue weighted by Gasteiger charge is 2.33. The van der Waals surface area contributed by atoms with Crippen LogP contribution in [0.5, 0.6) is 5.75 Å². The zero-order valence-corrected chi connectivity index (χ0v) is 12.5. The molecule has 1 aromatic rings. The van der Waals surface area contributed by atoms with Crippen molar-refractivity contribution in [2.75, 3.05) is 27.2 Å². The Hall–Kier alpha value is -1.15. The molecule has 0 bridgehead atoms. The topological polar surface area (TPSA) is 70.1 Å². The lowest BCUT2D eigenvalue weighted by molar-refractivity contribution is 0.188. The first kappa shape index (κ1) is 15.2. The molecule has 0 spiro atoms. The summed E-state index contributed by atoms with van der Waals surface area (Å²) in [6.45, 7) is 0.808. The van der Waals surface area contributed by atoms with Crippen LogP contribution in [0.3, 0.4) is 0 Å². The Morgan fingerprint density at radius 1 is 1.50 bits per heavy atom. The van der Waals surface area contributed by atoms with E-state index in [1.54, 1.807) is 14.2 Å². The molecule has 1 aliphatic rings. The molecule has 1 heterocycles. The number of hydrogen-bond donors (Lipinski definition) is 1. The maximum Gasteiger partial charge on any atom is 0.282 e. The largest absolute Gasteiger partial charge is 0.497 e. The van der Waals surface area contributed by atoms with Gasteiger partial charge in [0.1, 0.15) is 5.75 Å². The average molecular weight is 300 g/mol. The standard InChI is InChI=1S/C13H20N2O4S/c1-14(9-11-4-3-5-13(8-11)19-2)20(17,18)15-7-6-12(16)10-15/h3-5,8,12,16H,6-7,9-10H2,1-2H3/t12-/m0/s1. The highest BCUT2D eigenvalue weighted by Crippen LogP contribution is 2.19. The lowest BCUT2D eigenvalue weighted by atomic mass is 10.2. The minimum absolute atomic E-state index is 0.171. The quantitative estimate of drug-likeness (QED) is 0.856. The van der Waals surface area contributed by atoms with Gasteiger partial charge in [-0.1, -0.05) is 12.1 Å². The van der Waals surface area contributed by atoms with Gasteiger partial charge in [0.25, 0.3) is 10.2 Å². The summed E-state index contributed by atoms with van der Waals surface area (Å²) in [6, 6.07) is 7.31. The van der Waals surface area contributed by atoms with E-state index in [4.69, 9.17) is 4.74 Å². The molecule has 6 nitrogen and oxygen atoms in total. The summed E-state index contributed by atoms with van der Waals surface area (Å²) in [5.41, 5.74) is 0.857. The summed E-state index contributed by atoms with van der Waals surface area (Å²) in [5, 5.41) is 9.46. The summed E-state index contributed by atoms with van der Waals surface area (Å²) < 4.78 is 32.4. The number of hydrogen-bond acceptors (Lipinski definition) is 4. The van der Waals surface area contributed by atoms with E-state index in [2.05, 4.69) is 0 Å². The lowest BCUT2D eigenvalue weighted by Crippen LogP contribution is -2.40. The Kier molecular flexibility index (Phi) is 4.64. The number of methoxy groups -OCH3 is 1. The van der Waals surface area contributed by atoms with E-state index in [1.165, 1.54) is 8.61 Å². The first-order chi connectivity index (χ1) is 9.43. The lowest BCUT2D eigenvalue weighted by Gasteiger charge is -2.24. The van der Waals surface area contributed by atoms with E-state index in [1.807, 2.05) is 24.3 Å². The molecule has 0 unspecified atom stereocenters. The van der Waals surface area contributed by atoms with Crippen molar-refractivity contribution in [3.8, 4) is 5.75 Å². The summed E-state index contributed by atoms with van der Waals surface area (Å²) >= 11 is 0. The highest BCUT2D eigenvalue weighted by molar-refractivity contribution is 7.86. The molecule has 0 aromatic heterocycles. The molecule has 0 aliphatic carbocycles. The third kappa shape index (κ3) is 3.29. The van der Waals surface area contributed by atoms with Crippen LogP contribution in [0.25, 0.3) is 0 Å². The number of benzene rings is 1. The second-order valence-electron chi connectivity index (χ2n) is 4.92. The molecule has 1 fully saturated rings. The van der Waals surface area contributed by atoms with Crippen molar-refractivity contribution in [3.05, 3.63) is 29.8 Å². The van der Waals surface area contributed by atoms with Gasteiger partial charge < -0.3 is 9.84 Å². The minimum Gasteiger partial charge on any atom is -0.497 e. The Bertz CT molecular complexity index is 561. The maximum atomic E-state index is 12.3. The van der Waals surface area contributed by atoms with Gasteiger partial charge in [-0.25, -0.2) is 0 Å². The van der Waals surface area contributed by atoms with Gasteiger partial charge >= 0.3 is 0 Å². The summed E-state index contributed by atoms with van der Waals surface area (Å²) in [6.07, 6.45) is -0.0679. The van der Waals surface area contributed by atoms with Crippen molar-refractivity contribution in [1.82, 2.24) is 8.61 Å². The third-order valence-electron chi connectivity index (χ3n) is 3.39. The Morgan fingerprint density at radius 3 is 2.85 bits per heavy atom. The molecule has 2 rings (SSSR count). The Morgan fingerprint density at radius 2 is 2.25 bits per heavy atom. The fourth-order valence-electron chi connectivity index (χ4n) is 2.23. The molecule has 7 heteroatoms. The monoisotopic (exact) mass is 300 g/mol. The second kappa shape index (κ2) is 6.09. The second-order valence-corrected chi connectivity index (χ2v) is 6.95. The predicted molar refractivity (Wildman–Crippen MR) is 75.6 cm³/mol. The van der Waals surface area contributed by atoms with Crippen molar-refractivity contribution >= 4 is 10.2 Å². The van der Waals surface area contributed by atoms with Gasteiger partial charge in [-0.15, -0.1) is 0 Å². The van der Waals surface area contributed by atoms with Crippen molar-refractivity contribution in [3.63, 3.8) is 0 Å². The molecule has 1 saturated heterocycles. The van der Waals surface area contributed by atoms with Crippen molar-refractivity contribution in [2.24, 2.45) is 0 Å². The maximum absolute atomic E-state index is 12.3. The van der Waals surface area contributed by atoms with E-state index in [9.17, 15) is 13.5 Å². The zero-order chi connectivity index (χ0) is 14.8. The molecule has 112 valence electrons. The molecular weight excluding hydrogens is 280 g/mol. The average Bonchev–Trinajstić information content (AvgIpc) is 2.86. The number of rotatable bonds is 5. The van der Waals surface area contributed by atoms with Gasteiger partial charge in [0, 0.05) is 26.7 Å². The predicted octanol–water partition coefficient (Wildman–Crippen LogP) is 0.438. The number of ether oxygens (including phenoxy) is 1. The Balaban J connectivity index is 2.08. The summed E-state index contributed by atoms with van der Waals surface area (Å²) in [4.78, 5) is 0. The third-order valence-corrected chi connectivity index (χ3v) is 5.29. The molecule has 1 aromatic carbocycles. The van der Waals surface area contributed by atoms with Gasteiger partial charge in [0.15, 0.2) is 0 Å². The van der Waals surface area contributed by atoms with Crippen molar-refractivity contribution in [2.45, 2.75) is 19.1 Å². The molecule has 0 radical (unpaired) electrons. The SMILES string of the molecule is COc1cccc(CN(C)S(=O)(=O)N2CC[C@H](O)C2)c1. The molecular formula is C13H20N2O4S. The van der Waals surface area contributed by atoms with Gasteiger partial charge in [0.2, 0.25) is 0 Å². The summed E-state index contributed by atoms with van der Waals surface area (Å²) in [7, 11) is -0.408. The fraction of sp³-hybridized carbons (Fsp3) is 0.538. The van der Waals surface area contributed by atoms with Crippen LogP contribution in [0.15, 0.2) is 24.3 Å². The van der Waals surface area contributed by atoms with Gasteiger partial charge in [0.05, 0.1) is 13.2 Å². The molecule has 0 saturated carbocycles. The van der Waals surface area contributed by atoms with E-state index in [0.717, 1.165) is 5.56 Å². The van der Waals surface area contributed by atoms with Crippen LogP contribution >= 0.6 is 0 Å². The normalized spacial score (nSPS) is 20.5. The Labute approximate surface area is 119 Å². The van der Waals surface area contributed by atoms with Gasteiger partial charge in [-0.2, -0.15) is 17.0 Å². The number of aliphatic hydroxyl groups excluding tert-OH is 1. The van der Waals surface area contributed by atoms with E-state index >= 15 is 0 Å². The highest BCUT2D eigenvalue weighted by atomic mass is 32.2. The van der Waals surface area contributed by atoms with Crippen LogP contribution < -0.4 is 4.74 Å². The van der Waals surface area contributed by atoms with Crippen molar-refractivity contribution < 1.29 is 18.3 Å². The molecule has 1 N–H and O–H groups in total. The van der Waals surface area contributed by atoms with Crippen LogP contribution in [0, 0.1) is 0 Å². The fourth-order valence-corrected chi connectivity index (χ4v) is 3.63. The molecule has 1 aliphatic heterocycles. The van der Waals surface area contributed by atoms with Gasteiger partial charge in [-0.05, 0) is 24.1 Å². The van der Waals surface area contributed by atoms with Crippen LogP contribution in [-0.4, -0.2) is 55.5 Å². The van der Waals surface area contributed by atoms with Crippen LogP contribution in [0.2, 0.25) is 0 Å². The first-order valence-corrected chi connectivity index (χ1v) is 7.85. The summed E-state index contributed by atoms with van der Waals surface area (Å²) in [5.74, 6) is 0.699. The number of aliphatic hydroxyl groups is 1. The molecule has 0 amide bonds. The van der Waals surface area contributed by atoms with E-state index < -0.39 is 16.3 Å². The zero-order valence-electron chi connectivity index (χ0n) is 11.7. The first-order valence-electron chi connectivity index (χ1n) is 6.46. The number of nitrogens with zero attached hydrogens (tertiary/aromatic N) is 2. The molecule has 1 atom stereocenters. The van der Waals surface area contributed by atoms with E-state index in [0.29, 0.717) is 18.7 Å². The van der Waals surface area contributed by atoms with E-state index in [-0.39, 0.29) is 13.1 Å². The van der Waals surface area contributed by atoms with Crippen LogP contribution in [0.4, 0.5) is 0 Å². The van der Waals surface area contributed by atoms with Crippen molar-refractivity contribution in [1.29, 1.82) is 0 Å². The van der Waals surface area contributed by atoms with Gasteiger partial charge in [-0.3, -0.25) is 0 Å².